The van der Waals surface area contributed by atoms with Crippen molar-refractivity contribution >= 4 is 16.6 Å². The molecule has 6 heteroatoms. The second-order valence-corrected chi connectivity index (χ2v) is 4.86. The molecule has 0 aromatic heterocycles. The van der Waals surface area contributed by atoms with E-state index < -0.39 is 22.5 Å². The van der Waals surface area contributed by atoms with Crippen molar-refractivity contribution in [3.63, 3.8) is 0 Å². The molecule has 17 heavy (non-hydrogen) atoms. The van der Waals surface area contributed by atoms with Crippen LogP contribution in [0.4, 0.5) is 13.2 Å². The molecule has 0 aliphatic heterocycles. The van der Waals surface area contributed by atoms with Crippen LogP contribution < -0.4 is 0 Å². The molecule has 1 atom stereocenters. The molecule has 0 aliphatic rings. The lowest BCUT2D eigenvalue weighted by molar-refractivity contribution is -0.137. The lowest BCUT2D eigenvalue weighted by Crippen LogP contribution is -2.11. The Labute approximate surface area is 99.3 Å². The van der Waals surface area contributed by atoms with Gasteiger partial charge in [0.05, 0.1) is 22.1 Å². The van der Waals surface area contributed by atoms with Crippen LogP contribution in [0.1, 0.15) is 18.9 Å². The van der Waals surface area contributed by atoms with E-state index in [4.69, 9.17) is 0 Å². The molecular weight excluding hydrogens is 253 g/mol. The summed E-state index contributed by atoms with van der Waals surface area (Å²) in [7, 11) is -1.71. The molecule has 1 rings (SSSR count). The summed E-state index contributed by atoms with van der Waals surface area (Å²) < 4.78 is 48.8. The van der Waals surface area contributed by atoms with Crippen LogP contribution in [-0.2, 0) is 21.8 Å². The number of carbonyl (C=O) groups is 1. The second-order valence-electron chi connectivity index (χ2n) is 3.41. The van der Waals surface area contributed by atoms with E-state index in [1.165, 1.54) is 12.1 Å². The number of hydrogen-bond acceptors (Lipinski definition) is 2. The van der Waals surface area contributed by atoms with Crippen molar-refractivity contribution in [1.29, 1.82) is 0 Å². The van der Waals surface area contributed by atoms with Crippen molar-refractivity contribution in [2.75, 3.05) is 5.75 Å². The van der Waals surface area contributed by atoms with E-state index in [-0.39, 0.29) is 22.9 Å². The van der Waals surface area contributed by atoms with Crippen LogP contribution in [0.25, 0.3) is 0 Å². The van der Waals surface area contributed by atoms with Crippen LogP contribution >= 0.6 is 0 Å². The van der Waals surface area contributed by atoms with Gasteiger partial charge in [-0.2, -0.15) is 13.2 Å². The number of rotatable bonds is 4. The second kappa shape index (κ2) is 5.44. The van der Waals surface area contributed by atoms with Crippen molar-refractivity contribution in [2.24, 2.45) is 0 Å². The van der Waals surface area contributed by atoms with Crippen LogP contribution in [0.15, 0.2) is 29.2 Å². The van der Waals surface area contributed by atoms with E-state index in [0.717, 1.165) is 12.1 Å². The molecule has 0 aliphatic carbocycles. The van der Waals surface area contributed by atoms with Gasteiger partial charge < -0.3 is 0 Å². The average Bonchev–Trinajstić information content (AvgIpc) is 2.28. The highest BCUT2D eigenvalue weighted by atomic mass is 32.2. The number of alkyl halides is 3. The summed E-state index contributed by atoms with van der Waals surface area (Å²) in [5, 5.41) is 0. The number of carbonyl (C=O) groups excluding carboxylic acids is 1. The topological polar surface area (TPSA) is 34.1 Å². The van der Waals surface area contributed by atoms with Crippen LogP contribution in [0.2, 0.25) is 0 Å². The lowest BCUT2D eigenvalue weighted by Gasteiger charge is -2.08. The fraction of sp³-hybridized carbons (Fsp3) is 0.364. The molecule has 1 unspecified atom stereocenters. The Bertz CT molecular complexity index is 441. The van der Waals surface area contributed by atoms with Gasteiger partial charge in [0, 0.05) is 11.3 Å². The first-order valence-electron chi connectivity index (χ1n) is 4.92. The normalized spacial score (nSPS) is 13.4. The smallest absolute Gasteiger partial charge is 0.299 e. The molecule has 1 aromatic carbocycles. The van der Waals surface area contributed by atoms with Crippen LogP contribution in [0.3, 0.4) is 0 Å². The maximum absolute atomic E-state index is 12.4. The van der Waals surface area contributed by atoms with E-state index in [1.54, 1.807) is 6.92 Å². The summed E-state index contributed by atoms with van der Waals surface area (Å²) in [6, 6.07) is 4.24. The Morgan fingerprint density at radius 3 is 2.53 bits per heavy atom. The van der Waals surface area contributed by atoms with Crippen molar-refractivity contribution in [3.8, 4) is 0 Å². The first-order valence-corrected chi connectivity index (χ1v) is 6.24. The summed E-state index contributed by atoms with van der Waals surface area (Å²) in [5.41, 5.74) is -0.854. The summed E-state index contributed by atoms with van der Waals surface area (Å²) in [5.74, 6) is -0.474. The third-order valence-corrected chi connectivity index (χ3v) is 3.47. The van der Waals surface area contributed by atoms with E-state index in [2.05, 4.69) is 0 Å². The van der Waals surface area contributed by atoms with Gasteiger partial charge in [0.25, 0.3) is 0 Å². The highest BCUT2D eigenvalue weighted by Crippen LogP contribution is 2.30. The number of benzene rings is 1. The minimum atomic E-state index is -4.46. The third-order valence-electron chi connectivity index (χ3n) is 2.11. The molecule has 0 amide bonds. The van der Waals surface area contributed by atoms with Gasteiger partial charge >= 0.3 is 6.18 Å². The molecule has 0 radical (unpaired) electrons. The Hall–Kier alpha value is -1.17. The SMILES string of the molecule is CCC(=O)CS(=O)c1cccc(C(F)(F)F)c1. The average molecular weight is 264 g/mol. The lowest BCUT2D eigenvalue weighted by atomic mass is 10.2. The maximum atomic E-state index is 12.4. The number of hydrogen-bond donors (Lipinski definition) is 0. The van der Waals surface area contributed by atoms with Gasteiger partial charge in [-0.15, -0.1) is 0 Å². The zero-order chi connectivity index (χ0) is 13.1. The zero-order valence-electron chi connectivity index (χ0n) is 9.08. The predicted octanol–water partition coefficient (Wildman–Crippen LogP) is 2.79. The summed E-state index contributed by atoms with van der Waals surface area (Å²) in [4.78, 5) is 11.1. The van der Waals surface area contributed by atoms with Gasteiger partial charge in [-0.1, -0.05) is 13.0 Å². The fourth-order valence-electron chi connectivity index (χ4n) is 1.15. The van der Waals surface area contributed by atoms with Crippen molar-refractivity contribution in [1.82, 2.24) is 0 Å². The first-order chi connectivity index (χ1) is 7.84. The van der Waals surface area contributed by atoms with Crippen molar-refractivity contribution in [3.05, 3.63) is 29.8 Å². The number of halogens is 3. The Morgan fingerprint density at radius 1 is 1.35 bits per heavy atom. The molecule has 0 bridgehead atoms. The van der Waals surface area contributed by atoms with Gasteiger partial charge in [0.1, 0.15) is 5.78 Å². The summed E-state index contributed by atoms with van der Waals surface area (Å²) >= 11 is 0. The van der Waals surface area contributed by atoms with Crippen LogP contribution in [-0.4, -0.2) is 15.7 Å². The van der Waals surface area contributed by atoms with Gasteiger partial charge in [0.15, 0.2) is 0 Å². The third kappa shape index (κ3) is 3.96. The van der Waals surface area contributed by atoms with Crippen molar-refractivity contribution in [2.45, 2.75) is 24.4 Å². The minimum absolute atomic E-state index is 0.0293. The Morgan fingerprint density at radius 2 is 2.00 bits per heavy atom. The minimum Gasteiger partial charge on any atom is -0.299 e. The molecule has 0 saturated carbocycles. The standard InChI is InChI=1S/C11H11F3O2S/c1-2-9(15)7-17(16)10-5-3-4-8(6-10)11(12,13)14/h3-6H,2,7H2,1H3. The van der Waals surface area contributed by atoms with E-state index in [1.807, 2.05) is 0 Å². The monoisotopic (exact) mass is 264 g/mol. The molecule has 0 heterocycles. The molecule has 2 nitrogen and oxygen atoms in total. The number of Topliss-reactive ketones (excluding diaryl/α,β-unsaturated/α-hetero) is 1. The molecule has 0 fully saturated rings. The molecule has 0 N–H and O–H groups in total. The molecule has 1 aromatic rings. The van der Waals surface area contributed by atoms with Gasteiger partial charge in [0.2, 0.25) is 0 Å². The Kier molecular flexibility index (Phi) is 4.45. The molecule has 0 saturated heterocycles. The number of ketones is 1. The highest BCUT2D eigenvalue weighted by molar-refractivity contribution is 7.85. The van der Waals surface area contributed by atoms with E-state index >= 15 is 0 Å². The first kappa shape index (κ1) is 13.9. The van der Waals surface area contributed by atoms with Gasteiger partial charge in [-0.3, -0.25) is 9.00 Å². The quantitative estimate of drug-likeness (QED) is 0.838. The predicted molar refractivity (Wildman–Crippen MR) is 58.0 cm³/mol. The summed E-state index contributed by atoms with van der Waals surface area (Å²) in [6.45, 7) is 1.62. The largest absolute Gasteiger partial charge is 0.416 e. The van der Waals surface area contributed by atoms with Gasteiger partial charge in [-0.25, -0.2) is 0 Å². The van der Waals surface area contributed by atoms with Crippen molar-refractivity contribution < 1.29 is 22.2 Å². The fourth-order valence-corrected chi connectivity index (χ4v) is 2.30. The van der Waals surface area contributed by atoms with E-state index in [9.17, 15) is 22.2 Å². The van der Waals surface area contributed by atoms with Crippen LogP contribution in [0.5, 0.6) is 0 Å². The summed E-state index contributed by atoms with van der Waals surface area (Å²) in [6.07, 6.45) is -4.24. The zero-order valence-corrected chi connectivity index (χ0v) is 9.90. The maximum Gasteiger partial charge on any atom is 0.416 e. The molecular formula is C11H11F3O2S. The van der Waals surface area contributed by atoms with Gasteiger partial charge in [-0.05, 0) is 18.2 Å². The molecule has 94 valence electrons. The highest BCUT2D eigenvalue weighted by Gasteiger charge is 2.30. The Balaban J connectivity index is 2.92. The van der Waals surface area contributed by atoms with Crippen LogP contribution in [0, 0.1) is 0 Å². The van der Waals surface area contributed by atoms with E-state index in [0.29, 0.717) is 0 Å². The molecule has 0 spiro atoms.